The minimum Gasteiger partial charge on any atom is -0.478 e. The Morgan fingerprint density at radius 2 is 2.17 bits per heavy atom. The molecule has 0 aliphatic rings. The number of rotatable bonds is 3. The quantitative estimate of drug-likeness (QED) is 0.445. The first-order valence-corrected chi connectivity index (χ1v) is 5.11. The Labute approximate surface area is 107 Å². The number of carboxylic acid groups (broad SMARTS) is 1. The van der Waals surface area contributed by atoms with Gasteiger partial charge in [-0.2, -0.15) is 0 Å². The van der Waals surface area contributed by atoms with Gasteiger partial charge in [-0.05, 0) is 25.1 Å². The van der Waals surface area contributed by atoms with Crippen LogP contribution in [0.1, 0.15) is 17.3 Å². The molecule has 0 unspecified atom stereocenters. The molecule has 0 atom stereocenters. The highest BCUT2D eigenvalue weighted by Crippen LogP contribution is 2.14. The third-order valence-corrected chi connectivity index (χ3v) is 1.74. The van der Waals surface area contributed by atoms with Crippen LogP contribution in [0.25, 0.3) is 0 Å². The van der Waals surface area contributed by atoms with Gasteiger partial charge in [0, 0.05) is 11.6 Å². The highest BCUT2D eigenvalue weighted by Gasteiger charge is 2.06. The van der Waals surface area contributed by atoms with Gasteiger partial charge in [0.05, 0.1) is 17.9 Å². The monoisotopic (exact) mass is 278 g/mol. The van der Waals surface area contributed by atoms with Crippen LogP contribution in [0.3, 0.4) is 0 Å². The summed E-state index contributed by atoms with van der Waals surface area (Å²) in [5.74, 6) is 3.24. The lowest BCUT2D eigenvalue weighted by Gasteiger charge is -2.01. The van der Waals surface area contributed by atoms with Gasteiger partial charge in [-0.25, -0.2) is 14.0 Å². The van der Waals surface area contributed by atoms with E-state index >= 15 is 0 Å². The maximum Gasteiger partial charge on any atom is 0.403 e. The summed E-state index contributed by atoms with van der Waals surface area (Å²) in [5, 5.41) is 8.50. The molecule has 0 amide bonds. The number of ether oxygens (including phenoxy) is 1. The van der Waals surface area contributed by atoms with E-state index in [2.05, 4.69) is 10.2 Å². The molecule has 1 aromatic carbocycles. The zero-order valence-electron chi connectivity index (χ0n) is 9.44. The SMILES string of the molecule is CCOC(=O)Cl.NNc1cc(C(=O)O)ccc1F. The molecule has 0 aliphatic heterocycles. The Kier molecular flexibility index (Phi) is 7.41. The van der Waals surface area contributed by atoms with Crippen LogP contribution in [0.2, 0.25) is 0 Å². The van der Waals surface area contributed by atoms with Crippen molar-refractivity contribution in [3.63, 3.8) is 0 Å². The molecule has 0 bridgehead atoms. The number of nitrogens with two attached hydrogens (primary N) is 1. The standard InChI is InChI=1S/C7H7FN2O2.C3H5ClO2/c8-5-2-1-4(7(11)12)3-6(5)10-9;1-2-6-3(4)5/h1-3,10H,9H2,(H,11,12);2H2,1H3. The number of hydrazine groups is 1. The average Bonchev–Trinajstić information content (AvgIpc) is 2.30. The molecule has 4 N–H and O–H groups in total. The van der Waals surface area contributed by atoms with Crippen LogP contribution in [0.4, 0.5) is 14.9 Å². The molecule has 8 heteroatoms. The number of nitrogens with one attached hydrogen (secondary N) is 1. The predicted molar refractivity (Wildman–Crippen MR) is 64.0 cm³/mol. The topological polar surface area (TPSA) is 102 Å². The highest BCUT2D eigenvalue weighted by atomic mass is 35.5. The van der Waals surface area contributed by atoms with Crippen molar-refractivity contribution in [3.05, 3.63) is 29.6 Å². The lowest BCUT2D eigenvalue weighted by Crippen LogP contribution is -2.09. The van der Waals surface area contributed by atoms with E-state index < -0.39 is 17.2 Å². The van der Waals surface area contributed by atoms with E-state index in [0.717, 1.165) is 12.1 Å². The molecule has 0 aromatic heterocycles. The molecule has 0 aliphatic carbocycles. The van der Waals surface area contributed by atoms with Gasteiger partial charge < -0.3 is 15.3 Å². The lowest BCUT2D eigenvalue weighted by atomic mass is 10.2. The molecule has 0 spiro atoms. The maximum atomic E-state index is 12.7. The second kappa shape index (κ2) is 8.26. The Bertz CT molecular complexity index is 428. The molecule has 0 saturated heterocycles. The molecule has 1 rings (SSSR count). The molecule has 6 nitrogen and oxygen atoms in total. The first-order chi connectivity index (χ1) is 8.42. The van der Waals surface area contributed by atoms with Crippen LogP contribution < -0.4 is 11.3 Å². The predicted octanol–water partition coefficient (Wildman–Crippen LogP) is 2.19. The second-order valence-corrected chi connectivity index (χ2v) is 3.12. The summed E-state index contributed by atoms with van der Waals surface area (Å²) < 4.78 is 16.9. The molecule has 1 aromatic rings. The molecule has 0 heterocycles. The van der Waals surface area contributed by atoms with Gasteiger partial charge >= 0.3 is 11.4 Å². The summed E-state index contributed by atoms with van der Waals surface area (Å²) in [6.07, 6.45) is 0. The van der Waals surface area contributed by atoms with E-state index in [1.165, 1.54) is 6.07 Å². The molecular formula is C10H12ClFN2O4. The summed E-state index contributed by atoms with van der Waals surface area (Å²) in [6, 6.07) is 3.33. The van der Waals surface area contributed by atoms with Crippen molar-refractivity contribution in [2.45, 2.75) is 6.92 Å². The van der Waals surface area contributed by atoms with Crippen LogP contribution in [0.15, 0.2) is 18.2 Å². The Hall–Kier alpha value is -1.86. The molecule has 0 saturated carbocycles. The molecule has 100 valence electrons. The third-order valence-electron chi connectivity index (χ3n) is 1.63. The van der Waals surface area contributed by atoms with Crippen molar-refractivity contribution >= 4 is 28.7 Å². The number of hydrogen-bond donors (Lipinski definition) is 3. The number of carbonyl (C=O) groups excluding carboxylic acids is 1. The summed E-state index contributed by atoms with van der Waals surface area (Å²) in [4.78, 5) is 20.0. The largest absolute Gasteiger partial charge is 0.478 e. The maximum absolute atomic E-state index is 12.7. The van der Waals surface area contributed by atoms with Crippen molar-refractivity contribution in [2.24, 2.45) is 5.84 Å². The van der Waals surface area contributed by atoms with E-state index in [9.17, 15) is 14.0 Å². The fraction of sp³-hybridized carbons (Fsp3) is 0.200. The number of nitrogen functional groups attached to an aromatic ring is 1. The Balaban J connectivity index is 0.000000411. The molecule has 0 radical (unpaired) electrons. The number of halogens is 2. The number of carboxylic acids is 1. The number of benzene rings is 1. The van der Waals surface area contributed by atoms with Crippen molar-refractivity contribution in [3.8, 4) is 0 Å². The summed E-state index contributed by atoms with van der Waals surface area (Å²) in [6.45, 7) is 2.04. The normalized spacial score (nSPS) is 8.89. The fourth-order valence-electron chi connectivity index (χ4n) is 0.882. The van der Waals surface area contributed by atoms with E-state index in [1.807, 2.05) is 0 Å². The Morgan fingerprint density at radius 1 is 1.56 bits per heavy atom. The third kappa shape index (κ3) is 6.02. The van der Waals surface area contributed by atoms with Gasteiger partial charge in [-0.1, -0.05) is 0 Å². The van der Waals surface area contributed by atoms with E-state index in [0.29, 0.717) is 6.61 Å². The average molecular weight is 279 g/mol. The van der Waals surface area contributed by atoms with E-state index in [-0.39, 0.29) is 11.3 Å². The van der Waals surface area contributed by atoms with Crippen molar-refractivity contribution < 1.29 is 23.8 Å². The van der Waals surface area contributed by atoms with Gasteiger partial charge in [-0.15, -0.1) is 0 Å². The number of anilines is 1. The van der Waals surface area contributed by atoms with Crippen molar-refractivity contribution in [1.82, 2.24) is 0 Å². The van der Waals surface area contributed by atoms with Crippen LogP contribution in [0.5, 0.6) is 0 Å². The molecule has 18 heavy (non-hydrogen) atoms. The zero-order chi connectivity index (χ0) is 14.1. The summed E-state index contributed by atoms with van der Waals surface area (Å²) in [7, 11) is 0. The second-order valence-electron chi connectivity index (χ2n) is 2.81. The van der Waals surface area contributed by atoms with Gasteiger partial charge in [0.15, 0.2) is 0 Å². The van der Waals surface area contributed by atoms with Gasteiger partial charge in [0.1, 0.15) is 5.82 Å². The number of carbonyl (C=O) groups is 2. The van der Waals surface area contributed by atoms with E-state index in [1.54, 1.807) is 6.92 Å². The first kappa shape index (κ1) is 16.1. The number of hydrogen-bond acceptors (Lipinski definition) is 5. The van der Waals surface area contributed by atoms with Crippen molar-refractivity contribution in [1.29, 1.82) is 0 Å². The first-order valence-electron chi connectivity index (χ1n) is 4.74. The molecule has 0 fully saturated rings. The van der Waals surface area contributed by atoms with E-state index in [4.69, 9.17) is 22.6 Å². The lowest BCUT2D eigenvalue weighted by molar-refractivity contribution is 0.0697. The van der Waals surface area contributed by atoms with Gasteiger partial charge in [0.2, 0.25) is 0 Å². The minimum absolute atomic E-state index is 0.00986. The Morgan fingerprint density at radius 3 is 2.50 bits per heavy atom. The minimum atomic E-state index is -1.12. The summed E-state index contributed by atoms with van der Waals surface area (Å²) >= 11 is 4.72. The van der Waals surface area contributed by atoms with Gasteiger partial charge in [-0.3, -0.25) is 5.84 Å². The smallest absolute Gasteiger partial charge is 0.403 e. The van der Waals surface area contributed by atoms with Crippen LogP contribution in [0, 0.1) is 5.82 Å². The van der Waals surface area contributed by atoms with Crippen molar-refractivity contribution in [2.75, 3.05) is 12.0 Å². The number of aromatic carboxylic acids is 1. The summed E-state index contributed by atoms with van der Waals surface area (Å²) in [5.41, 5.74) is 1.27. The van der Waals surface area contributed by atoms with Crippen LogP contribution in [-0.2, 0) is 4.74 Å². The highest BCUT2D eigenvalue weighted by molar-refractivity contribution is 6.61. The van der Waals surface area contributed by atoms with Gasteiger partial charge in [0.25, 0.3) is 0 Å². The van der Waals surface area contributed by atoms with Crippen LogP contribution >= 0.6 is 11.6 Å². The zero-order valence-corrected chi connectivity index (χ0v) is 10.2. The fourth-order valence-corrected chi connectivity index (χ4v) is 0.992. The van der Waals surface area contributed by atoms with Crippen LogP contribution in [-0.4, -0.2) is 23.1 Å². The molecular weight excluding hydrogens is 267 g/mol.